The third-order valence-electron chi connectivity index (χ3n) is 3.97. The second kappa shape index (κ2) is 6.58. The molecule has 1 aliphatic rings. The van der Waals surface area contributed by atoms with Gasteiger partial charge in [0.1, 0.15) is 0 Å². The van der Waals surface area contributed by atoms with Crippen LogP contribution in [-0.4, -0.2) is 17.4 Å². The molecule has 0 aliphatic carbocycles. The molecule has 0 amide bonds. The van der Waals surface area contributed by atoms with Crippen LogP contribution in [0.2, 0.25) is 0 Å². The number of anilines is 1. The molecule has 3 rings (SSSR count). The van der Waals surface area contributed by atoms with Crippen LogP contribution in [-0.2, 0) is 9.36 Å². The molecule has 1 atom stereocenters. The quantitative estimate of drug-likeness (QED) is 0.753. The lowest BCUT2D eigenvalue weighted by molar-refractivity contribution is -0.110. The highest BCUT2D eigenvalue weighted by Crippen LogP contribution is 2.54. The fraction of sp³-hybridized carbons (Fsp3) is 0.158. The normalized spacial score (nSPS) is 20.3. The van der Waals surface area contributed by atoms with Crippen molar-refractivity contribution in [3.63, 3.8) is 0 Å². The van der Waals surface area contributed by atoms with Crippen LogP contribution < -0.4 is 5.01 Å². The standard InChI is InChI=1S/C19H19N2O2P/c1-3-24(23)14-18(16-10-6-4-7-11-16)21(20-19(24)15(2)22)17-12-8-5-9-13-17/h4-14H,3H2,1-2H3. The Kier molecular flexibility index (Phi) is 4.50. The topological polar surface area (TPSA) is 49.7 Å². The van der Waals surface area contributed by atoms with Crippen LogP contribution in [0.4, 0.5) is 5.69 Å². The van der Waals surface area contributed by atoms with E-state index in [0.717, 1.165) is 16.9 Å². The maximum absolute atomic E-state index is 13.3. The van der Waals surface area contributed by atoms with Crippen molar-refractivity contribution in [2.24, 2.45) is 5.10 Å². The molecule has 4 nitrogen and oxygen atoms in total. The Balaban J connectivity index is 2.21. The second-order valence-corrected chi connectivity index (χ2v) is 8.52. The summed E-state index contributed by atoms with van der Waals surface area (Å²) >= 11 is 0. The molecular formula is C19H19N2O2P. The Morgan fingerprint density at radius 1 is 1.04 bits per heavy atom. The largest absolute Gasteiger partial charge is 0.312 e. The molecule has 0 saturated heterocycles. The van der Waals surface area contributed by atoms with E-state index in [1.807, 2.05) is 67.6 Å². The average Bonchev–Trinajstić information content (AvgIpc) is 2.62. The number of carbonyl (C=O) groups is 1. The van der Waals surface area contributed by atoms with Crippen LogP contribution in [0.3, 0.4) is 0 Å². The maximum Gasteiger partial charge on any atom is 0.183 e. The summed E-state index contributed by atoms with van der Waals surface area (Å²) in [5.41, 5.74) is 2.65. The minimum atomic E-state index is -2.94. The second-order valence-electron chi connectivity index (χ2n) is 5.62. The summed E-state index contributed by atoms with van der Waals surface area (Å²) in [6.07, 6.45) is 0.379. The smallest absolute Gasteiger partial charge is 0.183 e. The highest BCUT2D eigenvalue weighted by Gasteiger charge is 2.35. The molecule has 0 fully saturated rings. The Morgan fingerprint density at radius 2 is 1.62 bits per heavy atom. The molecule has 0 N–H and O–H groups in total. The summed E-state index contributed by atoms with van der Waals surface area (Å²) in [5, 5.41) is 6.21. The zero-order valence-corrected chi connectivity index (χ0v) is 14.6. The first-order valence-electron chi connectivity index (χ1n) is 7.87. The van der Waals surface area contributed by atoms with E-state index in [4.69, 9.17) is 0 Å². The lowest BCUT2D eigenvalue weighted by Gasteiger charge is -2.30. The van der Waals surface area contributed by atoms with Gasteiger partial charge < -0.3 is 4.57 Å². The zero-order chi connectivity index (χ0) is 17.2. The molecule has 122 valence electrons. The predicted octanol–water partition coefficient (Wildman–Crippen LogP) is 4.79. The van der Waals surface area contributed by atoms with Crippen LogP contribution in [0.25, 0.3) is 5.70 Å². The fourth-order valence-corrected chi connectivity index (χ4v) is 4.72. The van der Waals surface area contributed by atoms with Crippen molar-refractivity contribution in [1.29, 1.82) is 0 Å². The van der Waals surface area contributed by atoms with Crippen LogP contribution in [0.15, 0.2) is 71.6 Å². The SMILES string of the molecule is CCP1(=O)C=C(c2ccccc2)N(c2ccccc2)N=C1C(C)=O. The minimum Gasteiger partial charge on any atom is -0.312 e. The number of rotatable bonds is 4. The van der Waals surface area contributed by atoms with E-state index in [-0.39, 0.29) is 11.2 Å². The highest BCUT2D eigenvalue weighted by molar-refractivity contribution is 7.86. The Labute approximate surface area is 141 Å². The van der Waals surface area contributed by atoms with Crippen molar-refractivity contribution in [1.82, 2.24) is 0 Å². The number of para-hydroxylation sites is 1. The summed E-state index contributed by atoms with van der Waals surface area (Å²) in [6, 6.07) is 19.3. The summed E-state index contributed by atoms with van der Waals surface area (Å²) < 4.78 is 13.3. The van der Waals surface area contributed by atoms with Crippen molar-refractivity contribution in [3.8, 4) is 0 Å². The van der Waals surface area contributed by atoms with Gasteiger partial charge in [-0.2, -0.15) is 5.10 Å². The van der Waals surface area contributed by atoms with E-state index in [9.17, 15) is 9.36 Å². The van der Waals surface area contributed by atoms with Gasteiger partial charge in [-0.3, -0.25) is 4.79 Å². The Hall–Kier alpha value is -2.45. The van der Waals surface area contributed by atoms with E-state index >= 15 is 0 Å². The first-order valence-corrected chi connectivity index (χ1v) is 9.83. The number of hydrogen-bond acceptors (Lipinski definition) is 4. The molecule has 0 spiro atoms. The summed E-state index contributed by atoms with van der Waals surface area (Å²) in [7, 11) is -2.94. The van der Waals surface area contributed by atoms with Crippen molar-refractivity contribution in [3.05, 3.63) is 72.0 Å². The van der Waals surface area contributed by atoms with Gasteiger partial charge in [0.25, 0.3) is 0 Å². The monoisotopic (exact) mass is 338 g/mol. The third-order valence-corrected chi connectivity index (χ3v) is 6.69. The van der Waals surface area contributed by atoms with Crippen molar-refractivity contribution in [2.75, 3.05) is 11.2 Å². The van der Waals surface area contributed by atoms with Gasteiger partial charge in [0.2, 0.25) is 0 Å². The predicted molar refractivity (Wildman–Crippen MR) is 99.6 cm³/mol. The fourth-order valence-electron chi connectivity index (χ4n) is 2.69. The molecule has 1 heterocycles. The van der Waals surface area contributed by atoms with Gasteiger partial charge in [0, 0.05) is 24.5 Å². The molecule has 24 heavy (non-hydrogen) atoms. The lowest BCUT2D eigenvalue weighted by Crippen LogP contribution is -2.25. The van der Waals surface area contributed by atoms with Gasteiger partial charge in [-0.25, -0.2) is 5.01 Å². The average molecular weight is 338 g/mol. The molecule has 2 aromatic carbocycles. The van der Waals surface area contributed by atoms with Gasteiger partial charge in [0.15, 0.2) is 18.4 Å². The zero-order valence-electron chi connectivity index (χ0n) is 13.7. The number of carbonyl (C=O) groups excluding carboxylic acids is 1. The molecule has 0 bridgehead atoms. The van der Waals surface area contributed by atoms with Gasteiger partial charge in [0.05, 0.1) is 11.4 Å². The van der Waals surface area contributed by atoms with Crippen LogP contribution in [0, 0.1) is 0 Å². The molecular weight excluding hydrogens is 319 g/mol. The van der Waals surface area contributed by atoms with Gasteiger partial charge in [-0.05, 0) is 12.1 Å². The first kappa shape index (κ1) is 16.4. The van der Waals surface area contributed by atoms with Crippen molar-refractivity contribution < 1.29 is 9.36 Å². The number of benzene rings is 2. The number of hydrogen-bond donors (Lipinski definition) is 0. The summed E-state index contributed by atoms with van der Waals surface area (Å²) in [4.78, 5) is 12.0. The van der Waals surface area contributed by atoms with E-state index < -0.39 is 7.14 Å². The Morgan fingerprint density at radius 3 is 2.17 bits per heavy atom. The molecule has 0 aromatic heterocycles. The molecule has 0 radical (unpaired) electrons. The van der Waals surface area contributed by atoms with Crippen molar-refractivity contribution >= 4 is 29.8 Å². The number of hydrazone groups is 1. The van der Waals surface area contributed by atoms with E-state index in [2.05, 4.69) is 5.10 Å². The number of Topliss-reactive ketones (excluding diaryl/α,β-unsaturated/α-hetero) is 1. The minimum absolute atomic E-state index is 0.161. The summed E-state index contributed by atoms with van der Waals surface area (Å²) in [5.74, 6) is 1.49. The van der Waals surface area contributed by atoms with Crippen LogP contribution in [0.1, 0.15) is 19.4 Å². The van der Waals surface area contributed by atoms with Gasteiger partial charge in [-0.1, -0.05) is 55.5 Å². The van der Waals surface area contributed by atoms with E-state index in [1.165, 1.54) is 6.92 Å². The van der Waals surface area contributed by atoms with Crippen molar-refractivity contribution in [2.45, 2.75) is 13.8 Å². The first-order chi connectivity index (χ1) is 11.5. The van der Waals surface area contributed by atoms with E-state index in [1.54, 1.807) is 10.8 Å². The lowest BCUT2D eigenvalue weighted by atomic mass is 10.1. The molecule has 1 unspecified atom stereocenters. The molecule has 0 saturated carbocycles. The molecule has 1 aliphatic heterocycles. The summed E-state index contributed by atoms with van der Waals surface area (Å²) in [6.45, 7) is 3.25. The Bertz CT molecular complexity index is 857. The third kappa shape index (κ3) is 2.98. The maximum atomic E-state index is 13.3. The van der Waals surface area contributed by atoms with E-state index in [0.29, 0.717) is 6.16 Å². The van der Waals surface area contributed by atoms with Gasteiger partial charge >= 0.3 is 0 Å². The number of nitrogens with zero attached hydrogens (tertiary/aromatic N) is 2. The highest BCUT2D eigenvalue weighted by atomic mass is 31.2. The van der Waals surface area contributed by atoms with Crippen LogP contribution >= 0.6 is 7.14 Å². The van der Waals surface area contributed by atoms with Gasteiger partial charge in [-0.15, -0.1) is 0 Å². The number of ketones is 1. The molecule has 5 heteroatoms. The molecule has 2 aromatic rings. The van der Waals surface area contributed by atoms with Crippen LogP contribution in [0.5, 0.6) is 0 Å².